The summed E-state index contributed by atoms with van der Waals surface area (Å²) >= 11 is 0. The molecule has 0 aliphatic heterocycles. The fourth-order valence-electron chi connectivity index (χ4n) is 3.43. The van der Waals surface area contributed by atoms with Crippen molar-refractivity contribution < 1.29 is 19.8 Å². The van der Waals surface area contributed by atoms with Crippen LogP contribution in [0.4, 0.5) is 0 Å². The van der Waals surface area contributed by atoms with Crippen molar-refractivity contribution in [1.29, 1.82) is 0 Å². The zero-order valence-electron chi connectivity index (χ0n) is 14.1. The van der Waals surface area contributed by atoms with Gasteiger partial charge in [0.05, 0.1) is 0 Å². The molecular formula is C22H15NO4. The lowest BCUT2D eigenvalue weighted by atomic mass is 9.91. The van der Waals surface area contributed by atoms with E-state index in [1.165, 1.54) is 6.07 Å². The highest BCUT2D eigenvalue weighted by Crippen LogP contribution is 2.38. The van der Waals surface area contributed by atoms with Crippen LogP contribution < -0.4 is 5.73 Å². The van der Waals surface area contributed by atoms with Gasteiger partial charge < -0.3 is 15.9 Å². The third kappa shape index (κ3) is 2.66. The Morgan fingerprint density at radius 2 is 1.41 bits per heavy atom. The quantitative estimate of drug-likeness (QED) is 0.512. The van der Waals surface area contributed by atoms with Gasteiger partial charge in [-0.25, -0.2) is 4.79 Å². The van der Waals surface area contributed by atoms with Crippen molar-refractivity contribution in [2.24, 2.45) is 5.73 Å². The molecule has 0 spiro atoms. The Balaban J connectivity index is 2.13. The van der Waals surface area contributed by atoms with E-state index in [1.807, 2.05) is 36.4 Å². The SMILES string of the molecule is NC(=O)c1cc(-c2cc(C(=O)O)c(O)c3ccccc23)cc2ccccc12. The normalized spacial score (nSPS) is 11.0. The number of carbonyl (C=O) groups excluding carboxylic acids is 1. The van der Waals surface area contributed by atoms with Crippen LogP contribution >= 0.6 is 0 Å². The van der Waals surface area contributed by atoms with Crippen molar-refractivity contribution in [3.63, 3.8) is 0 Å². The van der Waals surface area contributed by atoms with E-state index in [0.717, 1.165) is 10.8 Å². The highest BCUT2D eigenvalue weighted by atomic mass is 16.4. The number of aromatic hydroxyl groups is 1. The minimum Gasteiger partial charge on any atom is -0.506 e. The van der Waals surface area contributed by atoms with E-state index in [-0.39, 0.29) is 11.3 Å². The van der Waals surface area contributed by atoms with Gasteiger partial charge in [0.2, 0.25) is 5.91 Å². The Morgan fingerprint density at radius 3 is 2.07 bits per heavy atom. The van der Waals surface area contributed by atoms with Gasteiger partial charge in [-0.3, -0.25) is 4.79 Å². The van der Waals surface area contributed by atoms with Crippen LogP contribution in [0.3, 0.4) is 0 Å². The molecule has 0 atom stereocenters. The average molecular weight is 357 g/mol. The molecule has 4 aromatic rings. The van der Waals surface area contributed by atoms with Crippen LogP contribution in [0.1, 0.15) is 20.7 Å². The molecule has 4 aromatic carbocycles. The second-order valence-electron chi connectivity index (χ2n) is 6.28. The zero-order valence-corrected chi connectivity index (χ0v) is 14.1. The Bertz CT molecular complexity index is 1240. The van der Waals surface area contributed by atoms with Crippen LogP contribution in [0, 0.1) is 0 Å². The molecule has 4 N–H and O–H groups in total. The van der Waals surface area contributed by atoms with Crippen molar-refractivity contribution in [3.8, 4) is 16.9 Å². The number of benzene rings is 4. The third-order valence-electron chi connectivity index (χ3n) is 4.68. The topological polar surface area (TPSA) is 101 Å². The van der Waals surface area contributed by atoms with Gasteiger partial charge in [0.25, 0.3) is 0 Å². The summed E-state index contributed by atoms with van der Waals surface area (Å²) in [7, 11) is 0. The molecule has 0 aromatic heterocycles. The molecule has 0 heterocycles. The summed E-state index contributed by atoms with van der Waals surface area (Å²) in [6.45, 7) is 0. The number of carboxylic acid groups (broad SMARTS) is 1. The lowest BCUT2D eigenvalue weighted by molar-refractivity contribution is 0.0694. The van der Waals surface area contributed by atoms with Crippen LogP contribution in [0.15, 0.2) is 66.7 Å². The fraction of sp³-hybridized carbons (Fsp3) is 0. The smallest absolute Gasteiger partial charge is 0.339 e. The van der Waals surface area contributed by atoms with Crippen molar-refractivity contribution in [3.05, 3.63) is 77.9 Å². The molecule has 0 aliphatic rings. The van der Waals surface area contributed by atoms with Crippen LogP contribution in [0.25, 0.3) is 32.7 Å². The highest BCUT2D eigenvalue weighted by Gasteiger charge is 2.18. The van der Waals surface area contributed by atoms with Gasteiger partial charge in [-0.05, 0) is 45.5 Å². The number of nitrogens with two attached hydrogens (primary N) is 1. The minimum absolute atomic E-state index is 0.197. The molecule has 0 saturated heterocycles. The van der Waals surface area contributed by atoms with E-state index in [1.54, 1.807) is 24.3 Å². The Kier molecular flexibility index (Phi) is 3.78. The number of hydrogen-bond donors (Lipinski definition) is 3. The predicted molar refractivity (Wildman–Crippen MR) is 104 cm³/mol. The summed E-state index contributed by atoms with van der Waals surface area (Å²) < 4.78 is 0. The molecule has 132 valence electrons. The average Bonchev–Trinajstić information content (AvgIpc) is 2.67. The first-order valence-corrected chi connectivity index (χ1v) is 8.28. The van der Waals surface area contributed by atoms with E-state index in [0.29, 0.717) is 27.5 Å². The van der Waals surface area contributed by atoms with Gasteiger partial charge in [-0.2, -0.15) is 0 Å². The molecule has 27 heavy (non-hydrogen) atoms. The van der Waals surface area contributed by atoms with E-state index in [2.05, 4.69) is 0 Å². The number of primary amides is 1. The molecule has 0 unspecified atom stereocenters. The standard InChI is InChI=1S/C22H15NO4/c23-21(25)18-10-13(9-12-5-1-2-6-14(12)18)17-11-19(22(26)27)20(24)16-8-4-3-7-15(16)17/h1-11,24H,(H2,23,25)(H,26,27). The summed E-state index contributed by atoms with van der Waals surface area (Å²) in [5.41, 5.74) is 6.99. The zero-order chi connectivity index (χ0) is 19.1. The number of aromatic carboxylic acids is 1. The lowest BCUT2D eigenvalue weighted by Crippen LogP contribution is -2.11. The van der Waals surface area contributed by atoms with Crippen LogP contribution in [-0.2, 0) is 0 Å². The number of hydrogen-bond acceptors (Lipinski definition) is 3. The highest BCUT2D eigenvalue weighted by molar-refractivity contribution is 6.11. The predicted octanol–water partition coefficient (Wildman–Crippen LogP) is 4.16. The van der Waals surface area contributed by atoms with Crippen molar-refractivity contribution >= 4 is 33.4 Å². The second-order valence-corrected chi connectivity index (χ2v) is 6.28. The van der Waals surface area contributed by atoms with Gasteiger partial charge in [0, 0.05) is 10.9 Å². The summed E-state index contributed by atoms with van der Waals surface area (Å²) in [5, 5.41) is 22.5. The first kappa shape index (κ1) is 16.6. The molecule has 5 nitrogen and oxygen atoms in total. The Morgan fingerprint density at radius 1 is 0.778 bits per heavy atom. The summed E-state index contributed by atoms with van der Waals surface area (Å²) in [6, 6.07) is 19.3. The molecule has 1 amide bonds. The van der Waals surface area contributed by atoms with Gasteiger partial charge in [-0.1, -0.05) is 48.5 Å². The van der Waals surface area contributed by atoms with Crippen molar-refractivity contribution in [1.82, 2.24) is 0 Å². The summed E-state index contributed by atoms with van der Waals surface area (Å²) in [5.74, 6) is -2.07. The number of phenols is 1. The van der Waals surface area contributed by atoms with Gasteiger partial charge in [0.15, 0.2) is 0 Å². The van der Waals surface area contributed by atoms with E-state index in [9.17, 15) is 19.8 Å². The van der Waals surface area contributed by atoms with Crippen LogP contribution in [0.2, 0.25) is 0 Å². The minimum atomic E-state index is -1.23. The van der Waals surface area contributed by atoms with Crippen LogP contribution in [0.5, 0.6) is 5.75 Å². The maximum Gasteiger partial charge on any atom is 0.339 e. The van der Waals surface area contributed by atoms with Gasteiger partial charge in [-0.15, -0.1) is 0 Å². The maximum atomic E-state index is 12.0. The molecule has 0 fully saturated rings. The van der Waals surface area contributed by atoms with Crippen LogP contribution in [-0.4, -0.2) is 22.1 Å². The van der Waals surface area contributed by atoms with Gasteiger partial charge in [0.1, 0.15) is 11.3 Å². The monoisotopic (exact) mass is 357 g/mol. The summed E-state index contributed by atoms with van der Waals surface area (Å²) in [6.07, 6.45) is 0. The number of amides is 1. The Hall–Kier alpha value is -3.86. The van der Waals surface area contributed by atoms with Gasteiger partial charge >= 0.3 is 5.97 Å². The third-order valence-corrected chi connectivity index (χ3v) is 4.68. The molecule has 0 aliphatic carbocycles. The first-order valence-electron chi connectivity index (χ1n) is 8.28. The molecule has 0 bridgehead atoms. The summed E-state index contributed by atoms with van der Waals surface area (Å²) in [4.78, 5) is 23.6. The number of carboxylic acids is 1. The Labute approximate surface area is 154 Å². The van der Waals surface area contributed by atoms with Crippen molar-refractivity contribution in [2.45, 2.75) is 0 Å². The van der Waals surface area contributed by atoms with Crippen molar-refractivity contribution in [2.75, 3.05) is 0 Å². The molecule has 4 rings (SSSR count). The maximum absolute atomic E-state index is 12.0. The van der Waals surface area contributed by atoms with E-state index >= 15 is 0 Å². The second kappa shape index (κ2) is 6.14. The van der Waals surface area contributed by atoms with E-state index in [4.69, 9.17) is 5.73 Å². The molecular weight excluding hydrogens is 342 g/mol. The molecule has 0 saturated carbocycles. The van der Waals surface area contributed by atoms with E-state index < -0.39 is 11.9 Å². The lowest BCUT2D eigenvalue weighted by Gasteiger charge is -2.13. The number of rotatable bonds is 3. The molecule has 5 heteroatoms. The largest absolute Gasteiger partial charge is 0.506 e. The number of carbonyl (C=O) groups is 2. The number of fused-ring (bicyclic) bond motifs is 2. The fourth-order valence-corrected chi connectivity index (χ4v) is 3.43. The molecule has 0 radical (unpaired) electrons. The first-order chi connectivity index (χ1) is 13.0.